The maximum atomic E-state index is 12.7. The van der Waals surface area contributed by atoms with Crippen LogP contribution in [-0.4, -0.2) is 17.4 Å². The fourth-order valence-corrected chi connectivity index (χ4v) is 3.48. The lowest BCUT2D eigenvalue weighted by Gasteiger charge is -2.16. The van der Waals surface area contributed by atoms with Crippen LogP contribution in [0.15, 0.2) is 46.4 Å². The summed E-state index contributed by atoms with van der Waals surface area (Å²) >= 11 is 1.43. The minimum absolute atomic E-state index is 0.0431. The molecule has 110 valence electrons. The molecule has 5 heteroatoms. The summed E-state index contributed by atoms with van der Waals surface area (Å²) in [6, 6.07) is 9.93. The predicted octanol–water partition coefficient (Wildman–Crippen LogP) is 3.91. The van der Waals surface area contributed by atoms with Crippen molar-refractivity contribution < 1.29 is 9.21 Å². The Morgan fingerprint density at radius 2 is 2.27 bits per heavy atom. The van der Waals surface area contributed by atoms with Crippen molar-refractivity contribution in [3.05, 3.63) is 58.8 Å². The number of anilines is 1. The summed E-state index contributed by atoms with van der Waals surface area (Å²) in [5.74, 6) is 0.653. The van der Waals surface area contributed by atoms with Gasteiger partial charge in [-0.1, -0.05) is 12.1 Å². The highest BCUT2D eigenvalue weighted by Crippen LogP contribution is 2.31. The number of nitrogens with zero attached hydrogens (tertiary/aromatic N) is 2. The van der Waals surface area contributed by atoms with Crippen LogP contribution in [0, 0.1) is 6.92 Å². The number of amides is 1. The number of carbonyl (C=O) groups excluding carboxylic acids is 1. The lowest BCUT2D eigenvalue weighted by Crippen LogP contribution is -2.29. The molecule has 4 rings (SSSR count). The van der Waals surface area contributed by atoms with Gasteiger partial charge in [-0.2, -0.15) is 0 Å². The average molecular weight is 310 g/mol. The monoisotopic (exact) mass is 310 g/mol. The fraction of sp³-hybridized carbons (Fsp3) is 0.176. The van der Waals surface area contributed by atoms with Crippen LogP contribution in [0.2, 0.25) is 0 Å². The van der Waals surface area contributed by atoms with E-state index in [0.717, 1.165) is 22.7 Å². The number of rotatable bonds is 2. The molecule has 0 fully saturated rings. The summed E-state index contributed by atoms with van der Waals surface area (Å²) in [5.41, 5.74) is 3.87. The van der Waals surface area contributed by atoms with Gasteiger partial charge in [0.25, 0.3) is 5.91 Å². The highest BCUT2D eigenvalue weighted by Gasteiger charge is 2.27. The minimum atomic E-state index is -0.0431. The van der Waals surface area contributed by atoms with E-state index < -0.39 is 0 Å². The second kappa shape index (κ2) is 5.10. The zero-order valence-electron chi connectivity index (χ0n) is 12.1. The van der Waals surface area contributed by atoms with Crippen LogP contribution in [0.1, 0.15) is 21.6 Å². The number of fused-ring (bicyclic) bond motifs is 1. The average Bonchev–Trinajstić information content (AvgIpc) is 3.25. The van der Waals surface area contributed by atoms with Crippen LogP contribution in [0.5, 0.6) is 0 Å². The van der Waals surface area contributed by atoms with E-state index in [1.807, 2.05) is 24.0 Å². The third kappa shape index (κ3) is 2.14. The first-order valence-corrected chi connectivity index (χ1v) is 8.01. The van der Waals surface area contributed by atoms with E-state index in [1.54, 1.807) is 11.6 Å². The summed E-state index contributed by atoms with van der Waals surface area (Å²) in [4.78, 5) is 19.0. The van der Waals surface area contributed by atoms with Crippen molar-refractivity contribution in [3.63, 3.8) is 0 Å². The molecule has 1 aromatic carbocycles. The van der Waals surface area contributed by atoms with Crippen LogP contribution >= 0.6 is 11.3 Å². The molecular weight excluding hydrogens is 296 g/mol. The quantitative estimate of drug-likeness (QED) is 0.721. The number of hydrogen-bond acceptors (Lipinski definition) is 4. The first kappa shape index (κ1) is 13.3. The molecule has 0 saturated carbocycles. The van der Waals surface area contributed by atoms with Gasteiger partial charge in [0.05, 0.1) is 6.26 Å². The van der Waals surface area contributed by atoms with Gasteiger partial charge in [0.2, 0.25) is 0 Å². The zero-order chi connectivity index (χ0) is 15.1. The van der Waals surface area contributed by atoms with Crippen molar-refractivity contribution in [2.45, 2.75) is 13.3 Å². The van der Waals surface area contributed by atoms with Crippen LogP contribution in [-0.2, 0) is 6.42 Å². The molecule has 0 radical (unpaired) electrons. The summed E-state index contributed by atoms with van der Waals surface area (Å²) in [6.07, 6.45) is 2.51. The number of furan rings is 1. The molecule has 0 unspecified atom stereocenters. The molecule has 0 aliphatic carbocycles. The maximum Gasteiger partial charge on any atom is 0.277 e. The van der Waals surface area contributed by atoms with Crippen molar-refractivity contribution in [1.82, 2.24) is 4.98 Å². The smallest absolute Gasteiger partial charge is 0.277 e. The standard InChI is InChI=1S/C17H14N2O2S/c1-11-4-5-12-6-7-19(14(12)9-11)17(20)13-10-22-16(18-13)15-3-2-8-21-15/h2-5,8-10H,6-7H2,1H3. The third-order valence-corrected chi connectivity index (χ3v) is 4.69. The zero-order valence-corrected chi connectivity index (χ0v) is 12.9. The topological polar surface area (TPSA) is 46.3 Å². The predicted molar refractivity (Wildman–Crippen MR) is 86.4 cm³/mol. The van der Waals surface area contributed by atoms with E-state index >= 15 is 0 Å². The van der Waals surface area contributed by atoms with Gasteiger partial charge in [-0.15, -0.1) is 11.3 Å². The molecule has 0 saturated heterocycles. The van der Waals surface area contributed by atoms with Crippen LogP contribution in [0.25, 0.3) is 10.8 Å². The molecule has 0 bridgehead atoms. The first-order valence-electron chi connectivity index (χ1n) is 7.13. The molecule has 1 aliphatic heterocycles. The highest BCUT2D eigenvalue weighted by atomic mass is 32.1. The Bertz CT molecular complexity index is 836. The van der Waals surface area contributed by atoms with Crippen LogP contribution in [0.4, 0.5) is 5.69 Å². The maximum absolute atomic E-state index is 12.7. The number of thiazole rings is 1. The molecule has 0 N–H and O–H groups in total. The highest BCUT2D eigenvalue weighted by molar-refractivity contribution is 7.13. The number of benzene rings is 1. The van der Waals surface area contributed by atoms with Gasteiger partial charge in [0.15, 0.2) is 10.8 Å². The summed E-state index contributed by atoms with van der Waals surface area (Å²) in [5, 5.41) is 2.53. The molecule has 3 heterocycles. The Hall–Kier alpha value is -2.40. The number of aryl methyl sites for hydroxylation is 1. The van der Waals surface area contributed by atoms with Crippen molar-refractivity contribution in [2.24, 2.45) is 0 Å². The van der Waals surface area contributed by atoms with Gasteiger partial charge in [0, 0.05) is 17.6 Å². The van der Waals surface area contributed by atoms with Gasteiger partial charge < -0.3 is 9.32 Å². The molecule has 1 amide bonds. The molecule has 3 aromatic rings. The van der Waals surface area contributed by atoms with E-state index in [4.69, 9.17) is 4.42 Å². The molecule has 0 spiro atoms. The van der Waals surface area contributed by atoms with Gasteiger partial charge in [-0.25, -0.2) is 4.98 Å². The largest absolute Gasteiger partial charge is 0.462 e. The van der Waals surface area contributed by atoms with Crippen LogP contribution in [0.3, 0.4) is 0 Å². The van der Waals surface area contributed by atoms with Crippen molar-refractivity contribution in [2.75, 3.05) is 11.4 Å². The molecule has 22 heavy (non-hydrogen) atoms. The van der Waals surface area contributed by atoms with Gasteiger partial charge in [-0.3, -0.25) is 4.79 Å². The number of aromatic nitrogens is 1. The summed E-state index contributed by atoms with van der Waals surface area (Å²) in [6.45, 7) is 2.75. The lowest BCUT2D eigenvalue weighted by molar-refractivity contribution is 0.0985. The summed E-state index contributed by atoms with van der Waals surface area (Å²) in [7, 11) is 0. The number of carbonyl (C=O) groups is 1. The molecule has 1 aliphatic rings. The lowest BCUT2D eigenvalue weighted by atomic mass is 10.1. The van der Waals surface area contributed by atoms with Crippen LogP contribution < -0.4 is 4.90 Å². The molecular formula is C17H14N2O2S. The van der Waals surface area contributed by atoms with Crippen molar-refractivity contribution in [1.29, 1.82) is 0 Å². The Balaban J connectivity index is 1.65. The minimum Gasteiger partial charge on any atom is -0.462 e. The van der Waals surface area contributed by atoms with Crippen molar-refractivity contribution in [3.8, 4) is 10.8 Å². The second-order valence-electron chi connectivity index (χ2n) is 5.35. The van der Waals surface area contributed by atoms with E-state index in [9.17, 15) is 4.79 Å². The Morgan fingerprint density at radius 3 is 3.09 bits per heavy atom. The Kier molecular flexibility index (Phi) is 3.08. The molecule has 2 aromatic heterocycles. The normalized spacial score (nSPS) is 13.4. The van der Waals surface area contributed by atoms with E-state index in [0.29, 0.717) is 18.0 Å². The van der Waals surface area contributed by atoms with Gasteiger partial charge >= 0.3 is 0 Å². The van der Waals surface area contributed by atoms with Gasteiger partial charge in [0.1, 0.15) is 5.69 Å². The SMILES string of the molecule is Cc1ccc2c(c1)N(C(=O)c1csc(-c3ccco3)n1)CC2. The Labute approximate surface area is 132 Å². The molecule has 0 atom stereocenters. The summed E-state index contributed by atoms with van der Waals surface area (Å²) < 4.78 is 5.33. The Morgan fingerprint density at radius 1 is 1.36 bits per heavy atom. The fourth-order valence-electron chi connectivity index (χ4n) is 2.72. The number of hydrogen-bond donors (Lipinski definition) is 0. The van der Waals surface area contributed by atoms with Crippen molar-refractivity contribution >= 4 is 22.9 Å². The van der Waals surface area contributed by atoms with E-state index in [2.05, 4.69) is 23.2 Å². The second-order valence-corrected chi connectivity index (χ2v) is 6.21. The van der Waals surface area contributed by atoms with E-state index in [1.165, 1.54) is 16.9 Å². The third-order valence-electron chi connectivity index (χ3n) is 3.84. The van der Waals surface area contributed by atoms with E-state index in [-0.39, 0.29) is 5.91 Å². The molecule has 4 nitrogen and oxygen atoms in total. The van der Waals surface area contributed by atoms with Gasteiger partial charge in [-0.05, 0) is 42.7 Å². The first-order chi connectivity index (χ1) is 10.7.